The highest BCUT2D eigenvalue weighted by molar-refractivity contribution is 5.82. The Balaban J connectivity index is 1.91. The molecule has 0 radical (unpaired) electrons. The van der Waals surface area contributed by atoms with Crippen LogP contribution in [0.1, 0.15) is 25.7 Å². The number of nitrogens with zero attached hydrogens (tertiary/aromatic N) is 1. The van der Waals surface area contributed by atoms with Gasteiger partial charge in [-0.05, 0) is 18.9 Å². The van der Waals surface area contributed by atoms with E-state index in [0.29, 0.717) is 6.04 Å². The molecule has 1 saturated carbocycles. The fourth-order valence-corrected chi connectivity index (χ4v) is 1.99. The Labute approximate surface area is 77.7 Å². The predicted molar refractivity (Wildman–Crippen MR) is 49.4 cm³/mol. The normalized spacial score (nSPS) is 28.6. The molecule has 1 amide bonds. The molecule has 1 heterocycles. The van der Waals surface area contributed by atoms with Gasteiger partial charge in [-0.1, -0.05) is 12.8 Å². The van der Waals surface area contributed by atoms with Gasteiger partial charge in [-0.3, -0.25) is 4.79 Å². The summed E-state index contributed by atoms with van der Waals surface area (Å²) in [5.41, 5.74) is 8.26. The van der Waals surface area contributed by atoms with Gasteiger partial charge in [0.05, 0.1) is 0 Å². The first-order valence-electron chi connectivity index (χ1n) is 4.79. The van der Waals surface area contributed by atoms with Gasteiger partial charge < -0.3 is 10.7 Å². The molecule has 72 valence electrons. The Morgan fingerprint density at radius 3 is 2.69 bits per heavy atom. The van der Waals surface area contributed by atoms with Crippen LogP contribution < -0.4 is 11.2 Å². The van der Waals surface area contributed by atoms with Crippen LogP contribution in [-0.4, -0.2) is 23.0 Å². The number of nitrogens with one attached hydrogen (secondary N) is 1. The minimum atomic E-state index is -0.309. The first-order chi connectivity index (χ1) is 6.27. The molecule has 1 unspecified atom stereocenters. The summed E-state index contributed by atoms with van der Waals surface area (Å²) in [4.78, 5) is 10.8. The molecule has 0 spiro atoms. The summed E-state index contributed by atoms with van der Waals surface area (Å²) in [6.45, 7) is 0. The molecule has 0 aromatic carbocycles. The molecule has 0 saturated heterocycles. The van der Waals surface area contributed by atoms with Crippen LogP contribution in [0.25, 0.3) is 0 Å². The SMILES string of the molecule is NC(=O)C1C=CN(C2CCCC2)N1. The Bertz CT molecular complexity index is 233. The molecular weight excluding hydrogens is 166 g/mol. The molecule has 4 heteroatoms. The van der Waals surface area contributed by atoms with Crippen LogP contribution >= 0.6 is 0 Å². The maximum absolute atomic E-state index is 10.8. The van der Waals surface area contributed by atoms with E-state index >= 15 is 0 Å². The van der Waals surface area contributed by atoms with Gasteiger partial charge in [0.1, 0.15) is 6.04 Å². The lowest BCUT2D eigenvalue weighted by atomic mass is 10.2. The number of hydrogen-bond acceptors (Lipinski definition) is 3. The van der Waals surface area contributed by atoms with Crippen molar-refractivity contribution in [1.82, 2.24) is 10.4 Å². The zero-order valence-electron chi connectivity index (χ0n) is 7.57. The molecule has 0 aromatic heterocycles. The Kier molecular flexibility index (Phi) is 2.22. The van der Waals surface area contributed by atoms with Gasteiger partial charge in [-0.25, -0.2) is 5.43 Å². The maximum atomic E-state index is 10.8. The van der Waals surface area contributed by atoms with Gasteiger partial charge in [-0.2, -0.15) is 0 Å². The van der Waals surface area contributed by atoms with Gasteiger partial charge in [-0.15, -0.1) is 0 Å². The zero-order chi connectivity index (χ0) is 9.26. The Hall–Kier alpha value is -1.03. The van der Waals surface area contributed by atoms with Gasteiger partial charge in [0, 0.05) is 12.2 Å². The predicted octanol–water partition coefficient (Wildman–Crippen LogP) is 0.117. The second-order valence-electron chi connectivity index (χ2n) is 3.70. The molecule has 1 aliphatic carbocycles. The largest absolute Gasteiger partial charge is 0.368 e. The van der Waals surface area contributed by atoms with Crippen LogP contribution in [0.2, 0.25) is 0 Å². The third-order valence-electron chi connectivity index (χ3n) is 2.75. The van der Waals surface area contributed by atoms with Gasteiger partial charge >= 0.3 is 0 Å². The monoisotopic (exact) mass is 181 g/mol. The van der Waals surface area contributed by atoms with E-state index in [1.807, 2.05) is 17.3 Å². The summed E-state index contributed by atoms with van der Waals surface area (Å²) in [5, 5.41) is 2.03. The van der Waals surface area contributed by atoms with Gasteiger partial charge in [0.15, 0.2) is 0 Å². The lowest BCUT2D eigenvalue weighted by Gasteiger charge is -2.25. The minimum Gasteiger partial charge on any atom is -0.368 e. The molecule has 1 atom stereocenters. The smallest absolute Gasteiger partial charge is 0.240 e. The average Bonchev–Trinajstić information content (AvgIpc) is 2.75. The fraction of sp³-hybridized carbons (Fsp3) is 0.667. The Morgan fingerprint density at radius 2 is 2.15 bits per heavy atom. The number of rotatable bonds is 2. The quantitative estimate of drug-likeness (QED) is 0.636. The van der Waals surface area contributed by atoms with E-state index in [-0.39, 0.29) is 11.9 Å². The first-order valence-corrected chi connectivity index (χ1v) is 4.79. The van der Waals surface area contributed by atoms with E-state index in [9.17, 15) is 4.79 Å². The van der Waals surface area contributed by atoms with Crippen molar-refractivity contribution in [3.05, 3.63) is 12.3 Å². The van der Waals surface area contributed by atoms with Crippen molar-refractivity contribution in [1.29, 1.82) is 0 Å². The van der Waals surface area contributed by atoms with E-state index in [4.69, 9.17) is 5.73 Å². The fourth-order valence-electron chi connectivity index (χ4n) is 1.99. The van der Waals surface area contributed by atoms with E-state index in [0.717, 1.165) is 0 Å². The molecule has 3 N–H and O–H groups in total. The summed E-state index contributed by atoms with van der Waals surface area (Å²) < 4.78 is 0. The Morgan fingerprint density at radius 1 is 1.46 bits per heavy atom. The summed E-state index contributed by atoms with van der Waals surface area (Å²) in [7, 11) is 0. The van der Waals surface area contributed by atoms with Crippen molar-refractivity contribution in [2.75, 3.05) is 0 Å². The van der Waals surface area contributed by atoms with Crippen molar-refractivity contribution in [2.45, 2.75) is 37.8 Å². The standard InChI is InChI=1S/C9H15N3O/c10-9(13)8-5-6-12(11-8)7-3-1-2-4-7/h5-8,11H,1-4H2,(H2,10,13). The van der Waals surface area contributed by atoms with Crippen LogP contribution in [0.15, 0.2) is 12.3 Å². The van der Waals surface area contributed by atoms with Gasteiger partial charge in [0.2, 0.25) is 5.91 Å². The van der Waals surface area contributed by atoms with Crippen molar-refractivity contribution in [3.8, 4) is 0 Å². The van der Waals surface area contributed by atoms with E-state index in [1.54, 1.807) is 0 Å². The lowest BCUT2D eigenvalue weighted by molar-refractivity contribution is -0.119. The molecular formula is C9H15N3O. The molecule has 2 rings (SSSR count). The van der Waals surface area contributed by atoms with Crippen LogP contribution in [-0.2, 0) is 4.79 Å². The highest BCUT2D eigenvalue weighted by Gasteiger charge is 2.27. The maximum Gasteiger partial charge on any atom is 0.240 e. The molecule has 1 aliphatic heterocycles. The van der Waals surface area contributed by atoms with E-state index in [2.05, 4.69) is 5.43 Å². The summed E-state index contributed by atoms with van der Waals surface area (Å²) >= 11 is 0. The summed E-state index contributed by atoms with van der Waals surface area (Å²) in [5.74, 6) is -0.309. The van der Waals surface area contributed by atoms with Crippen LogP contribution in [0.3, 0.4) is 0 Å². The minimum absolute atomic E-state index is 0.305. The van der Waals surface area contributed by atoms with Crippen molar-refractivity contribution >= 4 is 5.91 Å². The highest BCUT2D eigenvalue weighted by atomic mass is 16.1. The molecule has 1 fully saturated rings. The molecule has 4 nitrogen and oxygen atoms in total. The molecule has 0 bridgehead atoms. The third kappa shape index (κ3) is 1.67. The highest BCUT2D eigenvalue weighted by Crippen LogP contribution is 2.24. The van der Waals surface area contributed by atoms with Crippen molar-refractivity contribution in [3.63, 3.8) is 0 Å². The second-order valence-corrected chi connectivity index (χ2v) is 3.70. The molecule has 13 heavy (non-hydrogen) atoms. The summed E-state index contributed by atoms with van der Waals surface area (Å²) in [6.07, 6.45) is 8.76. The van der Waals surface area contributed by atoms with Crippen molar-refractivity contribution < 1.29 is 4.79 Å². The number of carbonyl (C=O) groups excluding carboxylic acids is 1. The zero-order valence-corrected chi connectivity index (χ0v) is 7.57. The first kappa shape index (κ1) is 8.56. The van der Waals surface area contributed by atoms with E-state index in [1.165, 1.54) is 25.7 Å². The topological polar surface area (TPSA) is 58.4 Å². The second kappa shape index (κ2) is 3.38. The molecule has 2 aliphatic rings. The van der Waals surface area contributed by atoms with Crippen LogP contribution in [0.4, 0.5) is 0 Å². The van der Waals surface area contributed by atoms with Crippen molar-refractivity contribution in [2.24, 2.45) is 5.73 Å². The van der Waals surface area contributed by atoms with Crippen LogP contribution in [0, 0.1) is 0 Å². The van der Waals surface area contributed by atoms with E-state index < -0.39 is 0 Å². The number of nitrogens with two attached hydrogens (primary N) is 1. The average molecular weight is 181 g/mol. The number of hydrogen-bond donors (Lipinski definition) is 2. The number of carbonyl (C=O) groups is 1. The lowest BCUT2D eigenvalue weighted by Crippen LogP contribution is -2.46. The number of hydrazine groups is 1. The third-order valence-corrected chi connectivity index (χ3v) is 2.75. The van der Waals surface area contributed by atoms with Gasteiger partial charge in [0.25, 0.3) is 0 Å². The van der Waals surface area contributed by atoms with Crippen LogP contribution in [0.5, 0.6) is 0 Å². The summed E-state index contributed by atoms with van der Waals surface area (Å²) in [6, 6.07) is 0.251. The molecule has 0 aromatic rings. The number of primary amides is 1. The number of amides is 1.